The highest BCUT2D eigenvalue weighted by Gasteiger charge is 2.55. The van der Waals surface area contributed by atoms with Crippen LogP contribution in [-0.4, -0.2) is 46.8 Å². The largest absolute Gasteiger partial charge is 0.348 e. The van der Waals surface area contributed by atoms with E-state index in [0.29, 0.717) is 12.8 Å². The fourth-order valence-electron chi connectivity index (χ4n) is 3.94. The lowest BCUT2D eigenvalue weighted by Gasteiger charge is -2.35. The smallest absolute Gasteiger partial charge is 0.327 e. The lowest BCUT2D eigenvalue weighted by molar-refractivity contribution is -0.137. The Morgan fingerprint density at radius 1 is 1.19 bits per heavy atom. The van der Waals surface area contributed by atoms with Crippen LogP contribution in [0.25, 0.3) is 0 Å². The van der Waals surface area contributed by atoms with E-state index >= 15 is 0 Å². The second kappa shape index (κ2) is 7.39. The molecule has 1 atom stereocenters. The van der Waals surface area contributed by atoms with E-state index in [1.807, 2.05) is 31.2 Å². The first kappa shape index (κ1) is 18.9. The molecule has 140 valence electrons. The molecule has 1 heterocycles. The van der Waals surface area contributed by atoms with Crippen molar-refractivity contribution in [1.29, 1.82) is 0 Å². The number of amides is 4. The van der Waals surface area contributed by atoms with Crippen molar-refractivity contribution in [2.75, 3.05) is 13.6 Å². The highest BCUT2D eigenvalue weighted by atomic mass is 79.9. The van der Waals surface area contributed by atoms with Crippen LogP contribution in [0.1, 0.15) is 50.6 Å². The van der Waals surface area contributed by atoms with Crippen molar-refractivity contribution in [3.8, 4) is 0 Å². The van der Waals surface area contributed by atoms with Crippen molar-refractivity contribution in [3.63, 3.8) is 0 Å². The monoisotopic (exact) mass is 421 g/mol. The summed E-state index contributed by atoms with van der Waals surface area (Å²) in [7, 11) is 1.67. The molecule has 1 aromatic carbocycles. The molecule has 1 saturated heterocycles. The quantitative estimate of drug-likeness (QED) is 0.758. The van der Waals surface area contributed by atoms with Crippen LogP contribution in [0.3, 0.4) is 0 Å². The fourth-order valence-corrected chi connectivity index (χ4v) is 4.20. The molecule has 4 amide bonds. The van der Waals surface area contributed by atoms with Crippen molar-refractivity contribution in [2.45, 2.75) is 50.6 Å². The van der Waals surface area contributed by atoms with E-state index < -0.39 is 5.54 Å². The minimum Gasteiger partial charge on any atom is -0.348 e. The van der Waals surface area contributed by atoms with Gasteiger partial charge in [0, 0.05) is 11.5 Å². The van der Waals surface area contributed by atoms with E-state index in [1.54, 1.807) is 11.9 Å². The van der Waals surface area contributed by atoms with Crippen LogP contribution < -0.4 is 5.32 Å². The standard InChI is InChI=1S/C19H24BrN3O3/c1-13(14-6-8-15(20)9-7-14)21-16(24)12-23-17(25)19(22(2)18(23)26)10-4-3-5-11-19/h6-9,13H,3-5,10-12H2,1-2H3,(H,21,24)/t13-/m1/s1. The van der Waals surface area contributed by atoms with Crippen molar-refractivity contribution in [3.05, 3.63) is 34.3 Å². The number of hydrogen-bond donors (Lipinski definition) is 1. The summed E-state index contributed by atoms with van der Waals surface area (Å²) in [5, 5.41) is 2.87. The predicted octanol–water partition coefficient (Wildman–Crippen LogP) is 3.22. The van der Waals surface area contributed by atoms with Gasteiger partial charge in [0.2, 0.25) is 5.91 Å². The summed E-state index contributed by atoms with van der Waals surface area (Å²) in [5.74, 6) is -0.556. The van der Waals surface area contributed by atoms with Gasteiger partial charge in [-0.25, -0.2) is 4.79 Å². The maximum absolute atomic E-state index is 12.9. The Morgan fingerprint density at radius 3 is 2.42 bits per heavy atom. The summed E-state index contributed by atoms with van der Waals surface area (Å²) in [6.07, 6.45) is 4.32. The molecule has 2 aliphatic rings. The van der Waals surface area contributed by atoms with E-state index in [2.05, 4.69) is 21.2 Å². The summed E-state index contributed by atoms with van der Waals surface area (Å²) in [6, 6.07) is 7.09. The summed E-state index contributed by atoms with van der Waals surface area (Å²) in [6.45, 7) is 1.65. The number of likely N-dealkylation sites (N-methyl/N-ethyl adjacent to an activating group) is 1. The molecule has 7 heteroatoms. The normalized spacial score (nSPS) is 20.6. The van der Waals surface area contributed by atoms with E-state index in [0.717, 1.165) is 34.2 Å². The zero-order valence-electron chi connectivity index (χ0n) is 15.1. The molecule has 0 radical (unpaired) electrons. The van der Waals surface area contributed by atoms with Crippen LogP contribution in [0.2, 0.25) is 0 Å². The van der Waals surface area contributed by atoms with Crippen LogP contribution in [0, 0.1) is 0 Å². The first-order valence-electron chi connectivity index (χ1n) is 9.00. The van der Waals surface area contributed by atoms with E-state index in [-0.39, 0.29) is 30.4 Å². The third-order valence-electron chi connectivity index (χ3n) is 5.53. The SMILES string of the molecule is C[C@@H](NC(=O)CN1C(=O)N(C)C2(CCCCC2)C1=O)c1ccc(Br)cc1. The van der Waals surface area contributed by atoms with Crippen LogP contribution in [0.15, 0.2) is 28.7 Å². The van der Waals surface area contributed by atoms with Crippen molar-refractivity contribution in [2.24, 2.45) is 0 Å². The summed E-state index contributed by atoms with van der Waals surface area (Å²) < 4.78 is 0.967. The number of nitrogens with one attached hydrogen (secondary N) is 1. The zero-order valence-corrected chi connectivity index (χ0v) is 16.7. The number of hydrogen-bond acceptors (Lipinski definition) is 3. The maximum atomic E-state index is 12.9. The molecular weight excluding hydrogens is 398 g/mol. The zero-order chi connectivity index (χ0) is 18.9. The van der Waals surface area contributed by atoms with Gasteiger partial charge >= 0.3 is 6.03 Å². The molecule has 0 aromatic heterocycles. The molecule has 0 bridgehead atoms. The van der Waals surface area contributed by atoms with Gasteiger partial charge in [-0.2, -0.15) is 0 Å². The van der Waals surface area contributed by atoms with Gasteiger partial charge in [0.25, 0.3) is 5.91 Å². The van der Waals surface area contributed by atoms with Gasteiger partial charge in [-0.1, -0.05) is 47.3 Å². The number of imide groups is 1. The topological polar surface area (TPSA) is 69.7 Å². The lowest BCUT2D eigenvalue weighted by Crippen LogP contribution is -2.49. The Kier molecular flexibility index (Phi) is 5.37. The third kappa shape index (κ3) is 3.37. The maximum Gasteiger partial charge on any atom is 0.327 e. The van der Waals surface area contributed by atoms with Crippen LogP contribution >= 0.6 is 15.9 Å². The molecule has 1 aliphatic carbocycles. The minimum absolute atomic E-state index is 0.204. The van der Waals surface area contributed by atoms with Crippen molar-refractivity contribution >= 4 is 33.8 Å². The van der Waals surface area contributed by atoms with E-state index in [9.17, 15) is 14.4 Å². The van der Waals surface area contributed by atoms with Gasteiger partial charge < -0.3 is 10.2 Å². The highest BCUT2D eigenvalue weighted by molar-refractivity contribution is 9.10. The molecule has 1 aromatic rings. The molecular formula is C19H24BrN3O3. The van der Waals surface area contributed by atoms with E-state index in [4.69, 9.17) is 0 Å². The molecule has 1 saturated carbocycles. The summed E-state index contributed by atoms with van der Waals surface area (Å²) >= 11 is 3.38. The van der Waals surface area contributed by atoms with Gasteiger partial charge in [0.05, 0.1) is 6.04 Å². The molecule has 1 spiro atoms. The first-order chi connectivity index (χ1) is 12.3. The summed E-state index contributed by atoms with van der Waals surface area (Å²) in [4.78, 5) is 40.6. The molecule has 1 N–H and O–H groups in total. The van der Waals surface area contributed by atoms with E-state index in [1.165, 1.54) is 0 Å². The van der Waals surface area contributed by atoms with Gasteiger partial charge in [0.15, 0.2) is 0 Å². The Labute approximate surface area is 162 Å². The summed E-state index contributed by atoms with van der Waals surface area (Å²) in [5.41, 5.74) is 0.217. The average molecular weight is 422 g/mol. The molecule has 3 rings (SSSR count). The molecule has 0 unspecified atom stereocenters. The second-order valence-corrected chi connectivity index (χ2v) is 8.08. The number of carbonyl (C=O) groups excluding carboxylic acids is 3. The Hall–Kier alpha value is -1.89. The Morgan fingerprint density at radius 2 is 1.81 bits per heavy atom. The molecule has 26 heavy (non-hydrogen) atoms. The van der Waals surface area contributed by atoms with Crippen LogP contribution in [0.4, 0.5) is 4.79 Å². The number of urea groups is 1. The molecule has 2 fully saturated rings. The Bertz CT molecular complexity index is 713. The number of nitrogens with zero attached hydrogens (tertiary/aromatic N) is 2. The third-order valence-corrected chi connectivity index (χ3v) is 6.06. The number of halogens is 1. The van der Waals surface area contributed by atoms with Gasteiger partial charge in [-0.05, 0) is 37.5 Å². The second-order valence-electron chi connectivity index (χ2n) is 7.17. The molecule has 1 aliphatic heterocycles. The lowest BCUT2D eigenvalue weighted by atomic mass is 9.81. The first-order valence-corrected chi connectivity index (χ1v) is 9.79. The fraction of sp³-hybridized carbons (Fsp3) is 0.526. The number of carbonyl (C=O) groups is 3. The predicted molar refractivity (Wildman–Crippen MR) is 101 cm³/mol. The van der Waals surface area contributed by atoms with Crippen LogP contribution in [-0.2, 0) is 9.59 Å². The number of benzene rings is 1. The number of rotatable bonds is 4. The van der Waals surface area contributed by atoms with Gasteiger partial charge in [0.1, 0.15) is 12.1 Å². The Balaban J connectivity index is 1.66. The average Bonchev–Trinajstić information content (AvgIpc) is 2.79. The van der Waals surface area contributed by atoms with Gasteiger partial charge in [-0.15, -0.1) is 0 Å². The highest BCUT2D eigenvalue weighted by Crippen LogP contribution is 2.39. The van der Waals surface area contributed by atoms with Crippen molar-refractivity contribution < 1.29 is 14.4 Å². The van der Waals surface area contributed by atoms with Crippen molar-refractivity contribution in [1.82, 2.24) is 15.1 Å². The minimum atomic E-state index is -0.743. The van der Waals surface area contributed by atoms with Crippen LogP contribution in [0.5, 0.6) is 0 Å². The molecule has 6 nitrogen and oxygen atoms in total. The van der Waals surface area contributed by atoms with Gasteiger partial charge in [-0.3, -0.25) is 14.5 Å².